The van der Waals surface area contributed by atoms with Gasteiger partial charge in [-0.25, -0.2) is 0 Å². The van der Waals surface area contributed by atoms with E-state index in [4.69, 9.17) is 0 Å². The van der Waals surface area contributed by atoms with E-state index in [1.165, 1.54) is 0 Å². The average molecular weight is 187 g/mol. The van der Waals surface area contributed by atoms with Crippen LogP contribution in [0.2, 0.25) is 0 Å². The molecule has 62 valence electrons. The van der Waals surface area contributed by atoms with E-state index >= 15 is 0 Å². The smallest absolute Gasteiger partial charge is 0.115 e. The summed E-state index contributed by atoms with van der Waals surface area (Å²) in [5.41, 5.74) is 2.27. The molecular formula is C9H5N3S. The van der Waals surface area contributed by atoms with Crippen molar-refractivity contribution >= 4 is 34.1 Å². The van der Waals surface area contributed by atoms with Gasteiger partial charge in [-0.1, -0.05) is 6.07 Å². The number of benzene rings is 1. The highest BCUT2D eigenvalue weighted by Gasteiger charge is 1.99. The normalized spacial score (nSPS) is 9.54. The zero-order valence-corrected chi connectivity index (χ0v) is 7.45. The molecule has 1 heterocycles. The van der Waals surface area contributed by atoms with E-state index in [0.29, 0.717) is 5.69 Å². The highest BCUT2D eigenvalue weighted by Crippen LogP contribution is 2.20. The fourth-order valence-electron chi connectivity index (χ4n) is 1.12. The van der Waals surface area contributed by atoms with Gasteiger partial charge in [0, 0.05) is 12.4 Å². The van der Waals surface area contributed by atoms with Gasteiger partial charge in [-0.2, -0.15) is 4.99 Å². The summed E-state index contributed by atoms with van der Waals surface area (Å²) in [6.07, 6.45) is 3.28. The molecule has 0 saturated heterocycles. The first-order valence-corrected chi connectivity index (χ1v) is 4.10. The summed E-state index contributed by atoms with van der Waals surface area (Å²) >= 11 is 4.53. The molecule has 2 aromatic rings. The van der Waals surface area contributed by atoms with Crippen molar-refractivity contribution in [1.29, 1.82) is 0 Å². The third-order valence-corrected chi connectivity index (χ3v) is 1.73. The minimum absolute atomic E-state index is 0.709. The molecule has 3 nitrogen and oxygen atoms in total. The van der Waals surface area contributed by atoms with E-state index in [1.54, 1.807) is 12.4 Å². The van der Waals surface area contributed by atoms with Gasteiger partial charge in [-0.05, 0) is 24.4 Å². The molecule has 0 spiro atoms. The van der Waals surface area contributed by atoms with Gasteiger partial charge in [-0.3, -0.25) is 9.97 Å². The molecule has 1 aromatic heterocycles. The van der Waals surface area contributed by atoms with Gasteiger partial charge < -0.3 is 0 Å². The molecule has 4 heteroatoms. The van der Waals surface area contributed by atoms with Crippen LogP contribution in [0.15, 0.2) is 35.6 Å². The number of para-hydroxylation sites is 1. The highest BCUT2D eigenvalue weighted by atomic mass is 32.1. The Morgan fingerprint density at radius 1 is 1.23 bits per heavy atom. The summed E-state index contributed by atoms with van der Waals surface area (Å²) in [5.74, 6) is 0. The van der Waals surface area contributed by atoms with Gasteiger partial charge >= 0.3 is 0 Å². The van der Waals surface area contributed by atoms with Crippen molar-refractivity contribution in [1.82, 2.24) is 9.97 Å². The van der Waals surface area contributed by atoms with E-state index in [2.05, 4.69) is 32.3 Å². The Kier molecular flexibility index (Phi) is 2.08. The quantitative estimate of drug-likeness (QED) is 0.508. The summed E-state index contributed by atoms with van der Waals surface area (Å²) < 4.78 is 0. The van der Waals surface area contributed by atoms with Crippen LogP contribution in [-0.4, -0.2) is 15.1 Å². The van der Waals surface area contributed by atoms with E-state index in [-0.39, 0.29) is 0 Å². The van der Waals surface area contributed by atoms with Gasteiger partial charge in [0.05, 0.1) is 10.7 Å². The molecule has 0 bridgehead atoms. The number of thiocarbonyl (C=S) groups is 1. The molecule has 2 rings (SSSR count). The molecule has 0 aliphatic heterocycles. The van der Waals surface area contributed by atoms with Crippen molar-refractivity contribution in [2.75, 3.05) is 0 Å². The van der Waals surface area contributed by atoms with Crippen molar-refractivity contribution < 1.29 is 0 Å². The largest absolute Gasteiger partial charge is 0.253 e. The van der Waals surface area contributed by atoms with Crippen LogP contribution in [0.25, 0.3) is 11.0 Å². The Morgan fingerprint density at radius 3 is 2.92 bits per heavy atom. The second-order valence-corrected chi connectivity index (χ2v) is 2.59. The van der Waals surface area contributed by atoms with E-state index < -0.39 is 0 Å². The van der Waals surface area contributed by atoms with Crippen LogP contribution in [0, 0.1) is 0 Å². The molecule has 0 amide bonds. The number of aromatic nitrogens is 2. The van der Waals surface area contributed by atoms with Crippen LogP contribution >= 0.6 is 12.2 Å². The molecule has 0 radical (unpaired) electrons. The van der Waals surface area contributed by atoms with Crippen molar-refractivity contribution in [3.63, 3.8) is 0 Å². The number of rotatable bonds is 1. The van der Waals surface area contributed by atoms with Gasteiger partial charge in [0.15, 0.2) is 0 Å². The fourth-order valence-corrected chi connectivity index (χ4v) is 1.22. The van der Waals surface area contributed by atoms with Crippen LogP contribution in [0.5, 0.6) is 0 Å². The zero-order chi connectivity index (χ0) is 9.10. The van der Waals surface area contributed by atoms with Gasteiger partial charge in [0.25, 0.3) is 0 Å². The second kappa shape index (κ2) is 3.39. The van der Waals surface area contributed by atoms with Crippen LogP contribution in [0.1, 0.15) is 0 Å². The van der Waals surface area contributed by atoms with Crippen molar-refractivity contribution in [3.05, 3.63) is 30.6 Å². The van der Waals surface area contributed by atoms with Crippen LogP contribution in [0.3, 0.4) is 0 Å². The standard InChI is InChI=1S/C9H5N3S/c13-6-12-8-3-1-2-7-9(8)11-5-4-10-7/h1-5H. The van der Waals surface area contributed by atoms with Crippen molar-refractivity contribution in [3.8, 4) is 0 Å². The minimum atomic E-state index is 0.709. The predicted molar refractivity (Wildman–Crippen MR) is 54.2 cm³/mol. The molecule has 0 saturated carbocycles. The number of isothiocyanates is 1. The maximum absolute atomic E-state index is 4.53. The van der Waals surface area contributed by atoms with Crippen LogP contribution in [0.4, 0.5) is 5.69 Å². The first kappa shape index (κ1) is 7.98. The predicted octanol–water partition coefficient (Wildman–Crippen LogP) is 2.36. The van der Waals surface area contributed by atoms with E-state index in [0.717, 1.165) is 11.0 Å². The lowest BCUT2D eigenvalue weighted by atomic mass is 10.2. The monoisotopic (exact) mass is 187 g/mol. The summed E-state index contributed by atoms with van der Waals surface area (Å²) in [6.45, 7) is 0. The Labute approximate surface area is 80.2 Å². The lowest BCUT2D eigenvalue weighted by Gasteiger charge is -1.96. The first-order valence-electron chi connectivity index (χ1n) is 3.69. The molecule has 0 atom stereocenters. The average Bonchev–Trinajstić information content (AvgIpc) is 2.19. The molecule has 0 fully saturated rings. The third-order valence-electron chi connectivity index (χ3n) is 1.64. The van der Waals surface area contributed by atoms with Gasteiger partial charge in [0.1, 0.15) is 11.2 Å². The van der Waals surface area contributed by atoms with Crippen LogP contribution < -0.4 is 0 Å². The molecule has 0 unspecified atom stereocenters. The number of aliphatic imine (C=N–C) groups is 1. The SMILES string of the molecule is S=C=Nc1cccc2nccnc12. The maximum atomic E-state index is 4.53. The summed E-state index contributed by atoms with van der Waals surface area (Å²) in [7, 11) is 0. The Morgan fingerprint density at radius 2 is 2.08 bits per heavy atom. The molecule has 1 aromatic carbocycles. The minimum Gasteiger partial charge on any atom is -0.253 e. The Balaban J connectivity index is 2.82. The van der Waals surface area contributed by atoms with Crippen molar-refractivity contribution in [2.24, 2.45) is 4.99 Å². The molecule has 13 heavy (non-hydrogen) atoms. The second-order valence-electron chi connectivity index (χ2n) is 2.40. The summed E-state index contributed by atoms with van der Waals surface area (Å²) in [4.78, 5) is 12.2. The first-order chi connectivity index (χ1) is 6.42. The zero-order valence-electron chi connectivity index (χ0n) is 6.64. The Hall–Kier alpha value is -1.64. The van der Waals surface area contributed by atoms with Gasteiger partial charge in [-0.15, -0.1) is 0 Å². The fraction of sp³-hybridized carbons (Fsp3) is 0. The number of nitrogens with zero attached hydrogens (tertiary/aromatic N) is 3. The molecule has 0 aliphatic rings. The molecule has 0 aliphatic carbocycles. The topological polar surface area (TPSA) is 38.1 Å². The van der Waals surface area contributed by atoms with E-state index in [1.807, 2.05) is 18.2 Å². The van der Waals surface area contributed by atoms with Crippen molar-refractivity contribution in [2.45, 2.75) is 0 Å². The van der Waals surface area contributed by atoms with Crippen LogP contribution in [-0.2, 0) is 0 Å². The van der Waals surface area contributed by atoms with E-state index in [9.17, 15) is 0 Å². The number of hydrogen-bond acceptors (Lipinski definition) is 4. The molecular weight excluding hydrogens is 182 g/mol. The lowest BCUT2D eigenvalue weighted by Crippen LogP contribution is -1.81. The molecule has 0 N–H and O–H groups in total. The highest BCUT2D eigenvalue weighted by molar-refractivity contribution is 7.78. The van der Waals surface area contributed by atoms with Gasteiger partial charge in [0.2, 0.25) is 0 Å². The lowest BCUT2D eigenvalue weighted by molar-refractivity contribution is 1.29. The summed E-state index contributed by atoms with van der Waals surface area (Å²) in [5, 5.41) is 2.32. The maximum Gasteiger partial charge on any atom is 0.115 e. The number of hydrogen-bond donors (Lipinski definition) is 0. The summed E-state index contributed by atoms with van der Waals surface area (Å²) in [6, 6.07) is 5.57. The Bertz CT molecular complexity index is 484. The third kappa shape index (κ3) is 1.45. The number of fused-ring (bicyclic) bond motifs is 1.